The highest BCUT2D eigenvalue weighted by molar-refractivity contribution is 5.98. The number of pyridine rings is 1. The number of halogens is 1. The molecule has 2 aromatic rings. The molecular formula is C22H23FN2O8. The topological polar surface area (TPSA) is 130 Å². The summed E-state index contributed by atoms with van der Waals surface area (Å²) in [7, 11) is 1.33. The molecule has 1 N–H and O–H groups in total. The molecule has 33 heavy (non-hydrogen) atoms. The molecule has 10 nitrogen and oxygen atoms in total. The van der Waals surface area contributed by atoms with Crippen LogP contribution >= 0.6 is 0 Å². The second-order valence-corrected chi connectivity index (χ2v) is 6.82. The van der Waals surface area contributed by atoms with Crippen molar-refractivity contribution >= 4 is 23.8 Å². The minimum Gasteiger partial charge on any atom is -0.493 e. The zero-order valence-electron chi connectivity index (χ0n) is 18.5. The summed E-state index contributed by atoms with van der Waals surface area (Å²) in [6.45, 7) is 3.43. The monoisotopic (exact) mass is 462 g/mol. The third-order valence-corrected chi connectivity index (χ3v) is 4.07. The Labute approximate surface area is 189 Å². The first-order chi connectivity index (χ1) is 15.6. The molecular weight excluding hydrogens is 439 g/mol. The molecule has 0 aliphatic heterocycles. The summed E-state index contributed by atoms with van der Waals surface area (Å²) >= 11 is 0. The van der Waals surface area contributed by atoms with Crippen LogP contribution in [-0.2, 0) is 25.5 Å². The molecule has 176 valence electrons. The van der Waals surface area contributed by atoms with Crippen LogP contribution < -0.4 is 19.5 Å². The van der Waals surface area contributed by atoms with E-state index in [1.807, 2.05) is 0 Å². The summed E-state index contributed by atoms with van der Waals surface area (Å²) in [6, 6.07) is 5.08. The number of nitrogens with zero attached hydrogens (tertiary/aromatic N) is 1. The van der Waals surface area contributed by atoms with Crippen LogP contribution in [0.1, 0.15) is 36.8 Å². The van der Waals surface area contributed by atoms with Crippen LogP contribution in [0, 0.1) is 5.82 Å². The van der Waals surface area contributed by atoms with Crippen LogP contribution in [0.5, 0.6) is 17.2 Å². The molecule has 1 heterocycles. The van der Waals surface area contributed by atoms with E-state index in [-0.39, 0.29) is 29.4 Å². The van der Waals surface area contributed by atoms with Crippen molar-refractivity contribution in [2.75, 3.05) is 13.7 Å². The maximum Gasteiger partial charge on any atom is 0.325 e. The van der Waals surface area contributed by atoms with Crippen LogP contribution in [0.4, 0.5) is 4.39 Å². The van der Waals surface area contributed by atoms with Crippen molar-refractivity contribution < 1.29 is 42.5 Å². The van der Waals surface area contributed by atoms with Gasteiger partial charge in [0.2, 0.25) is 5.75 Å². The number of nitrogens with one attached hydrogen (secondary N) is 1. The van der Waals surface area contributed by atoms with E-state index in [0.29, 0.717) is 5.56 Å². The normalized spacial score (nSPS) is 11.2. The van der Waals surface area contributed by atoms with Crippen LogP contribution in [-0.4, -0.2) is 48.6 Å². The van der Waals surface area contributed by atoms with E-state index in [4.69, 9.17) is 18.9 Å². The molecule has 1 atom stereocenters. The van der Waals surface area contributed by atoms with Crippen molar-refractivity contribution in [3.05, 3.63) is 47.5 Å². The molecule has 0 radical (unpaired) electrons. The molecule has 0 spiro atoms. The molecule has 0 saturated heterocycles. The van der Waals surface area contributed by atoms with Gasteiger partial charge in [-0.3, -0.25) is 19.2 Å². The van der Waals surface area contributed by atoms with Gasteiger partial charge < -0.3 is 24.3 Å². The van der Waals surface area contributed by atoms with E-state index in [9.17, 15) is 23.6 Å². The highest BCUT2D eigenvalue weighted by atomic mass is 19.1. The van der Waals surface area contributed by atoms with Gasteiger partial charge >= 0.3 is 17.9 Å². The maximum absolute atomic E-state index is 13.4. The van der Waals surface area contributed by atoms with Gasteiger partial charge in [0.15, 0.2) is 11.4 Å². The molecule has 1 aromatic carbocycles. The predicted molar refractivity (Wildman–Crippen MR) is 111 cm³/mol. The Balaban J connectivity index is 1.99. The SMILES string of the molecule is COc1ccnc(C(=O)NCC(=O)OC(C)Cc2ccc(F)cc2OC(C)=O)c1OC(C)=O. The van der Waals surface area contributed by atoms with Gasteiger partial charge in [0.25, 0.3) is 5.91 Å². The van der Waals surface area contributed by atoms with Gasteiger partial charge in [0, 0.05) is 38.6 Å². The zero-order chi connectivity index (χ0) is 24.5. The van der Waals surface area contributed by atoms with Gasteiger partial charge in [-0.2, -0.15) is 0 Å². The zero-order valence-corrected chi connectivity index (χ0v) is 18.5. The van der Waals surface area contributed by atoms with E-state index < -0.39 is 42.3 Å². The Morgan fingerprint density at radius 2 is 1.76 bits per heavy atom. The number of ether oxygens (including phenoxy) is 4. The fourth-order valence-electron chi connectivity index (χ4n) is 2.80. The molecule has 0 aliphatic rings. The second-order valence-electron chi connectivity index (χ2n) is 6.82. The molecule has 0 aliphatic carbocycles. The first kappa shape index (κ1) is 25.2. The quantitative estimate of drug-likeness (QED) is 0.439. The molecule has 1 amide bonds. The van der Waals surface area contributed by atoms with Gasteiger partial charge in [0.05, 0.1) is 7.11 Å². The van der Waals surface area contributed by atoms with Crippen molar-refractivity contribution in [2.45, 2.75) is 33.3 Å². The number of rotatable bonds is 9. The number of benzene rings is 1. The van der Waals surface area contributed by atoms with Crippen molar-refractivity contribution in [1.29, 1.82) is 0 Å². The Morgan fingerprint density at radius 3 is 2.39 bits per heavy atom. The minimum atomic E-state index is -0.787. The van der Waals surface area contributed by atoms with E-state index in [0.717, 1.165) is 13.0 Å². The number of aromatic nitrogens is 1. The Kier molecular flexibility index (Phi) is 8.84. The van der Waals surface area contributed by atoms with Gasteiger partial charge in [-0.05, 0) is 18.6 Å². The molecule has 0 fully saturated rings. The van der Waals surface area contributed by atoms with Crippen molar-refractivity contribution in [2.24, 2.45) is 0 Å². The average Bonchev–Trinajstić information content (AvgIpc) is 2.73. The molecule has 2 rings (SSSR count). The van der Waals surface area contributed by atoms with E-state index in [1.54, 1.807) is 6.92 Å². The first-order valence-electron chi connectivity index (χ1n) is 9.76. The van der Waals surface area contributed by atoms with Crippen LogP contribution in [0.2, 0.25) is 0 Å². The summed E-state index contributed by atoms with van der Waals surface area (Å²) in [5.41, 5.74) is 0.213. The molecule has 1 unspecified atom stereocenters. The number of esters is 3. The Morgan fingerprint density at radius 1 is 1.06 bits per heavy atom. The van der Waals surface area contributed by atoms with E-state index >= 15 is 0 Å². The standard InChI is InChI=1S/C22H23FN2O8/c1-12(9-15-5-6-16(23)10-18(15)32-13(2)26)31-19(28)11-25-22(29)20-21(33-14(3)27)17(30-4)7-8-24-20/h5-8,10,12H,9,11H2,1-4H3,(H,25,29). The second kappa shape index (κ2) is 11.6. The molecule has 11 heteroatoms. The number of hydrogen-bond acceptors (Lipinski definition) is 9. The van der Waals surface area contributed by atoms with Crippen LogP contribution in [0.3, 0.4) is 0 Å². The fourth-order valence-corrected chi connectivity index (χ4v) is 2.80. The fraction of sp³-hybridized carbons (Fsp3) is 0.318. The van der Waals surface area contributed by atoms with Crippen LogP contribution in [0.25, 0.3) is 0 Å². The summed E-state index contributed by atoms with van der Waals surface area (Å²) in [5.74, 6) is -3.46. The van der Waals surface area contributed by atoms with Gasteiger partial charge in [-0.1, -0.05) is 6.07 Å². The smallest absolute Gasteiger partial charge is 0.325 e. The maximum atomic E-state index is 13.4. The van der Waals surface area contributed by atoms with Gasteiger partial charge in [-0.15, -0.1) is 0 Å². The highest BCUT2D eigenvalue weighted by Gasteiger charge is 2.22. The van der Waals surface area contributed by atoms with E-state index in [1.165, 1.54) is 38.4 Å². The number of amides is 1. The summed E-state index contributed by atoms with van der Waals surface area (Å²) in [6.07, 6.45) is 0.738. The lowest BCUT2D eigenvalue weighted by Gasteiger charge is -2.16. The predicted octanol–water partition coefficient (Wildman–Crippen LogP) is 1.98. The first-order valence-corrected chi connectivity index (χ1v) is 9.76. The molecule has 0 bridgehead atoms. The Hall–Kier alpha value is -4.02. The lowest BCUT2D eigenvalue weighted by atomic mass is 10.1. The van der Waals surface area contributed by atoms with Crippen LogP contribution in [0.15, 0.2) is 30.5 Å². The number of carbonyl (C=O) groups excluding carboxylic acids is 4. The summed E-state index contributed by atoms with van der Waals surface area (Å²) < 4.78 is 33.8. The third-order valence-electron chi connectivity index (χ3n) is 4.07. The third kappa shape index (κ3) is 7.56. The average molecular weight is 462 g/mol. The number of carbonyl (C=O) groups is 4. The lowest BCUT2D eigenvalue weighted by molar-refractivity contribution is -0.147. The number of hydrogen-bond donors (Lipinski definition) is 1. The highest BCUT2D eigenvalue weighted by Crippen LogP contribution is 2.29. The van der Waals surface area contributed by atoms with E-state index in [2.05, 4.69) is 10.3 Å². The largest absolute Gasteiger partial charge is 0.493 e. The van der Waals surface area contributed by atoms with Gasteiger partial charge in [-0.25, -0.2) is 9.37 Å². The summed E-state index contributed by atoms with van der Waals surface area (Å²) in [5, 5.41) is 2.34. The number of methoxy groups -OCH3 is 1. The molecule has 0 saturated carbocycles. The Bertz CT molecular complexity index is 1060. The lowest BCUT2D eigenvalue weighted by Crippen LogP contribution is -2.33. The van der Waals surface area contributed by atoms with Crippen molar-refractivity contribution in [3.63, 3.8) is 0 Å². The van der Waals surface area contributed by atoms with Crippen molar-refractivity contribution in [3.8, 4) is 17.2 Å². The van der Waals surface area contributed by atoms with Gasteiger partial charge in [0.1, 0.15) is 24.2 Å². The minimum absolute atomic E-state index is 0.0285. The summed E-state index contributed by atoms with van der Waals surface area (Å²) in [4.78, 5) is 51.1. The van der Waals surface area contributed by atoms with Crippen molar-refractivity contribution in [1.82, 2.24) is 10.3 Å². The molecule has 1 aromatic heterocycles.